The quantitative estimate of drug-likeness (QED) is 0.575. The van der Waals surface area contributed by atoms with Crippen molar-refractivity contribution in [1.29, 1.82) is 0 Å². The van der Waals surface area contributed by atoms with E-state index in [-0.39, 0.29) is 0 Å². The number of rotatable bonds is 5. The summed E-state index contributed by atoms with van der Waals surface area (Å²) in [7, 11) is 0. The average Bonchev–Trinajstić information content (AvgIpc) is 2.52. The van der Waals surface area contributed by atoms with Gasteiger partial charge in [0.05, 0.1) is 12.8 Å². The Balaban J connectivity index is 2.08. The summed E-state index contributed by atoms with van der Waals surface area (Å²) < 4.78 is 4.19. The summed E-state index contributed by atoms with van der Waals surface area (Å²) in [4.78, 5) is 0. The summed E-state index contributed by atoms with van der Waals surface area (Å²) >= 11 is 0. The Hall–Kier alpha value is -2.58. The van der Waals surface area contributed by atoms with Crippen LogP contribution in [0.25, 0.3) is 11.1 Å². The SMILES string of the molecule is C#CCC[n+]1ccc(-c2cc[n+](CCC#C)cc2)cc1. The highest BCUT2D eigenvalue weighted by Gasteiger charge is 2.04. The summed E-state index contributed by atoms with van der Waals surface area (Å²) in [6.45, 7) is 1.72. The number of hydrogen-bond donors (Lipinski definition) is 0. The van der Waals surface area contributed by atoms with Crippen LogP contribution >= 0.6 is 0 Å². The lowest BCUT2D eigenvalue weighted by atomic mass is 10.1. The third-order valence-corrected chi connectivity index (χ3v) is 3.14. The largest absolute Gasteiger partial charge is 0.204 e. The minimum Gasteiger partial charge on any atom is -0.204 e. The molecule has 0 atom stereocenters. The molecule has 2 heterocycles. The third-order valence-electron chi connectivity index (χ3n) is 3.14. The van der Waals surface area contributed by atoms with Crippen LogP contribution in [0.4, 0.5) is 0 Å². The van der Waals surface area contributed by atoms with Crippen LogP contribution < -0.4 is 9.13 Å². The molecule has 0 aromatic carbocycles. The van der Waals surface area contributed by atoms with Gasteiger partial charge < -0.3 is 0 Å². The molecule has 2 aromatic rings. The smallest absolute Gasteiger partial charge is 0.169 e. The molecule has 0 aliphatic carbocycles. The lowest BCUT2D eigenvalue weighted by Gasteiger charge is -2.00. The molecular formula is C18H18N2+2. The van der Waals surface area contributed by atoms with E-state index in [1.807, 2.05) is 0 Å². The Morgan fingerprint density at radius 2 is 1.05 bits per heavy atom. The van der Waals surface area contributed by atoms with Crippen LogP contribution in [-0.4, -0.2) is 0 Å². The molecule has 2 heteroatoms. The standard InChI is InChI=1S/C18H18N2/c1-3-5-11-19-13-7-17(8-14-19)18-9-15-20(16-10-18)12-6-4-2/h1-2,7-10,13-16H,5-6,11-12H2/q+2. The Morgan fingerprint density at radius 1 is 0.700 bits per heavy atom. The number of nitrogens with zero attached hydrogens (tertiary/aromatic N) is 2. The highest BCUT2D eigenvalue weighted by molar-refractivity contribution is 5.60. The van der Waals surface area contributed by atoms with E-state index in [1.54, 1.807) is 0 Å². The van der Waals surface area contributed by atoms with Gasteiger partial charge in [0, 0.05) is 24.3 Å². The number of hydrogen-bond acceptors (Lipinski definition) is 0. The summed E-state index contributed by atoms with van der Waals surface area (Å²) in [6, 6.07) is 8.44. The Kier molecular flexibility index (Phi) is 4.93. The maximum absolute atomic E-state index is 5.27. The molecule has 0 amide bonds. The topological polar surface area (TPSA) is 7.76 Å². The Labute approximate surface area is 120 Å². The second-order valence-electron chi connectivity index (χ2n) is 4.56. The number of aromatic nitrogens is 2. The molecular weight excluding hydrogens is 244 g/mol. The first kappa shape index (κ1) is 13.8. The van der Waals surface area contributed by atoms with Crippen molar-refractivity contribution in [2.24, 2.45) is 0 Å². The zero-order chi connectivity index (χ0) is 14.2. The van der Waals surface area contributed by atoms with Crippen molar-refractivity contribution >= 4 is 0 Å². The van der Waals surface area contributed by atoms with Gasteiger partial charge >= 0.3 is 0 Å². The first-order chi connectivity index (χ1) is 9.83. The molecule has 98 valence electrons. The van der Waals surface area contributed by atoms with Gasteiger partial charge in [-0.05, 0) is 11.1 Å². The van der Waals surface area contributed by atoms with Crippen molar-refractivity contribution in [3.8, 4) is 35.8 Å². The molecule has 0 radical (unpaired) electrons. The third kappa shape index (κ3) is 3.70. The highest BCUT2D eigenvalue weighted by atomic mass is 14.9. The summed E-state index contributed by atoms with van der Waals surface area (Å²) in [5.41, 5.74) is 2.40. The number of aryl methyl sites for hydroxylation is 2. The molecule has 0 bridgehead atoms. The summed E-state index contributed by atoms with van der Waals surface area (Å²) in [6.07, 6.45) is 20.3. The molecule has 0 spiro atoms. The predicted octanol–water partition coefficient (Wildman–Crippen LogP) is 1.98. The molecule has 2 rings (SSSR count). The van der Waals surface area contributed by atoms with Crippen LogP contribution in [0, 0.1) is 24.7 Å². The van der Waals surface area contributed by atoms with Crippen LogP contribution in [0.1, 0.15) is 12.8 Å². The van der Waals surface area contributed by atoms with Crippen LogP contribution in [0.15, 0.2) is 49.1 Å². The van der Waals surface area contributed by atoms with Gasteiger partial charge in [-0.1, -0.05) is 0 Å². The zero-order valence-electron chi connectivity index (χ0n) is 11.5. The van der Waals surface area contributed by atoms with Crippen molar-refractivity contribution in [1.82, 2.24) is 0 Å². The molecule has 0 saturated heterocycles. The van der Waals surface area contributed by atoms with E-state index < -0.39 is 0 Å². The van der Waals surface area contributed by atoms with Crippen molar-refractivity contribution in [2.45, 2.75) is 25.9 Å². The van der Waals surface area contributed by atoms with Crippen LogP contribution in [0.2, 0.25) is 0 Å². The van der Waals surface area contributed by atoms with E-state index in [0.717, 1.165) is 25.9 Å². The molecule has 0 aliphatic heterocycles. The lowest BCUT2D eigenvalue weighted by Crippen LogP contribution is -2.32. The predicted molar refractivity (Wildman–Crippen MR) is 79.2 cm³/mol. The Bertz CT molecular complexity index is 566. The second kappa shape index (κ2) is 7.12. The molecule has 0 aliphatic rings. The highest BCUT2D eigenvalue weighted by Crippen LogP contribution is 2.15. The minimum absolute atomic E-state index is 0.754. The van der Waals surface area contributed by atoms with Crippen LogP contribution in [0.5, 0.6) is 0 Å². The molecule has 2 aromatic heterocycles. The average molecular weight is 262 g/mol. The van der Waals surface area contributed by atoms with Gasteiger partial charge in [0.25, 0.3) is 0 Å². The van der Waals surface area contributed by atoms with Crippen LogP contribution in [-0.2, 0) is 13.1 Å². The number of terminal acetylenes is 2. The van der Waals surface area contributed by atoms with E-state index in [2.05, 4.69) is 70.0 Å². The summed E-state index contributed by atoms with van der Waals surface area (Å²) in [5.74, 6) is 5.30. The number of pyridine rings is 2. The van der Waals surface area contributed by atoms with Crippen molar-refractivity contribution < 1.29 is 9.13 Å². The molecule has 0 N–H and O–H groups in total. The lowest BCUT2D eigenvalue weighted by molar-refractivity contribution is -0.696. The van der Waals surface area contributed by atoms with Gasteiger partial charge in [-0.2, -0.15) is 0 Å². The fraction of sp³-hybridized carbons (Fsp3) is 0.222. The maximum Gasteiger partial charge on any atom is 0.169 e. The normalized spacial score (nSPS) is 9.70. The van der Waals surface area contributed by atoms with E-state index >= 15 is 0 Å². The fourth-order valence-corrected chi connectivity index (χ4v) is 1.98. The van der Waals surface area contributed by atoms with E-state index in [1.165, 1.54) is 11.1 Å². The van der Waals surface area contributed by atoms with Gasteiger partial charge in [0.1, 0.15) is 0 Å². The van der Waals surface area contributed by atoms with Gasteiger partial charge in [0.2, 0.25) is 0 Å². The Morgan fingerprint density at radius 3 is 1.35 bits per heavy atom. The van der Waals surface area contributed by atoms with Gasteiger partial charge in [0.15, 0.2) is 37.9 Å². The minimum atomic E-state index is 0.754. The summed E-state index contributed by atoms with van der Waals surface area (Å²) in [5, 5.41) is 0. The first-order valence-corrected chi connectivity index (χ1v) is 6.69. The maximum atomic E-state index is 5.27. The molecule has 0 saturated carbocycles. The molecule has 20 heavy (non-hydrogen) atoms. The van der Waals surface area contributed by atoms with Gasteiger partial charge in [-0.3, -0.25) is 0 Å². The molecule has 0 fully saturated rings. The first-order valence-electron chi connectivity index (χ1n) is 6.69. The second-order valence-corrected chi connectivity index (χ2v) is 4.56. The fourth-order valence-electron chi connectivity index (χ4n) is 1.98. The van der Waals surface area contributed by atoms with Gasteiger partial charge in [-0.15, -0.1) is 24.7 Å². The van der Waals surface area contributed by atoms with E-state index in [4.69, 9.17) is 12.8 Å². The van der Waals surface area contributed by atoms with Crippen LogP contribution in [0.3, 0.4) is 0 Å². The monoisotopic (exact) mass is 262 g/mol. The van der Waals surface area contributed by atoms with Crippen molar-refractivity contribution in [3.05, 3.63) is 49.1 Å². The zero-order valence-corrected chi connectivity index (χ0v) is 11.5. The van der Waals surface area contributed by atoms with E-state index in [9.17, 15) is 0 Å². The van der Waals surface area contributed by atoms with E-state index in [0.29, 0.717) is 0 Å². The molecule has 2 nitrogen and oxygen atoms in total. The van der Waals surface area contributed by atoms with Gasteiger partial charge in [-0.25, -0.2) is 9.13 Å². The van der Waals surface area contributed by atoms with Crippen molar-refractivity contribution in [3.63, 3.8) is 0 Å². The van der Waals surface area contributed by atoms with Crippen molar-refractivity contribution in [2.75, 3.05) is 0 Å². The molecule has 0 unspecified atom stereocenters.